The van der Waals surface area contributed by atoms with E-state index in [2.05, 4.69) is 24.0 Å². The van der Waals surface area contributed by atoms with Crippen LogP contribution in [0, 0.1) is 13.8 Å². The lowest BCUT2D eigenvalue weighted by Gasteiger charge is -2.13. The largest absolute Gasteiger partial charge is 0.483 e. The molecule has 3 rings (SSSR count). The van der Waals surface area contributed by atoms with E-state index < -0.39 is 0 Å². The van der Waals surface area contributed by atoms with Crippen molar-refractivity contribution in [3.63, 3.8) is 0 Å². The summed E-state index contributed by atoms with van der Waals surface area (Å²) < 4.78 is 11.2. The van der Waals surface area contributed by atoms with Crippen molar-refractivity contribution in [3.05, 3.63) is 64.0 Å². The molecule has 0 spiro atoms. The maximum absolute atomic E-state index is 6.30. The summed E-state index contributed by atoms with van der Waals surface area (Å²) in [5.74, 6) is 2.11. The second-order valence-corrected chi connectivity index (χ2v) is 6.87. The normalized spacial score (nSPS) is 11.1. The number of halogens is 1. The van der Waals surface area contributed by atoms with Crippen LogP contribution >= 0.6 is 11.6 Å². The number of rotatable bonds is 5. The maximum Gasteiger partial charge on any atom is 0.264 e. The number of nitrogens with zero attached hydrogens (tertiary/aromatic N) is 2. The van der Waals surface area contributed by atoms with Crippen molar-refractivity contribution in [3.8, 4) is 17.1 Å². The predicted molar refractivity (Wildman–Crippen MR) is 99.1 cm³/mol. The summed E-state index contributed by atoms with van der Waals surface area (Å²) in [6, 6.07) is 11.9. The van der Waals surface area contributed by atoms with Gasteiger partial charge in [0.05, 0.1) is 0 Å². The average Bonchev–Trinajstić information content (AvgIpc) is 3.03. The highest BCUT2D eigenvalue weighted by Crippen LogP contribution is 2.31. The molecule has 3 aromatic rings. The van der Waals surface area contributed by atoms with Crippen molar-refractivity contribution in [2.75, 3.05) is 0 Å². The van der Waals surface area contributed by atoms with Gasteiger partial charge in [-0.1, -0.05) is 60.4 Å². The van der Waals surface area contributed by atoms with Crippen molar-refractivity contribution in [2.24, 2.45) is 0 Å². The lowest BCUT2D eigenvalue weighted by atomic mass is 10.0. The van der Waals surface area contributed by atoms with Gasteiger partial charge in [0.25, 0.3) is 5.89 Å². The Kier molecular flexibility index (Phi) is 5.09. The Morgan fingerprint density at radius 2 is 1.84 bits per heavy atom. The van der Waals surface area contributed by atoms with Gasteiger partial charge in [0.15, 0.2) is 6.61 Å². The molecule has 0 N–H and O–H groups in total. The second kappa shape index (κ2) is 7.28. The first-order valence-corrected chi connectivity index (χ1v) is 8.64. The Hall–Kier alpha value is -2.33. The molecule has 0 saturated heterocycles. The summed E-state index contributed by atoms with van der Waals surface area (Å²) in [5, 5.41) is 4.79. The number of benzene rings is 2. The minimum Gasteiger partial charge on any atom is -0.483 e. The van der Waals surface area contributed by atoms with Crippen LogP contribution in [0.25, 0.3) is 11.4 Å². The first-order valence-electron chi connectivity index (χ1n) is 8.26. The fourth-order valence-electron chi connectivity index (χ4n) is 2.54. The van der Waals surface area contributed by atoms with Crippen LogP contribution in [0.15, 0.2) is 40.9 Å². The third-order valence-electron chi connectivity index (χ3n) is 4.05. The van der Waals surface area contributed by atoms with Crippen molar-refractivity contribution in [1.82, 2.24) is 10.1 Å². The number of aryl methyl sites for hydroxylation is 2. The van der Waals surface area contributed by atoms with Crippen LogP contribution in [0.3, 0.4) is 0 Å². The van der Waals surface area contributed by atoms with Crippen LogP contribution in [0.5, 0.6) is 5.75 Å². The van der Waals surface area contributed by atoms with Crippen LogP contribution < -0.4 is 4.74 Å². The minimum atomic E-state index is 0.221. The predicted octanol–water partition coefficient (Wildman–Crippen LogP) is 5.71. The number of hydrogen-bond acceptors (Lipinski definition) is 4. The van der Waals surface area contributed by atoms with Gasteiger partial charge in [0.1, 0.15) is 5.75 Å². The average molecular weight is 357 g/mol. The summed E-state index contributed by atoms with van der Waals surface area (Å²) in [6.45, 7) is 8.44. The van der Waals surface area contributed by atoms with Crippen LogP contribution in [-0.4, -0.2) is 10.1 Å². The Morgan fingerprint density at radius 1 is 1.12 bits per heavy atom. The van der Waals surface area contributed by atoms with Gasteiger partial charge in [0.2, 0.25) is 5.82 Å². The van der Waals surface area contributed by atoms with Crippen molar-refractivity contribution < 1.29 is 9.26 Å². The third kappa shape index (κ3) is 4.02. The van der Waals surface area contributed by atoms with Gasteiger partial charge in [-0.2, -0.15) is 4.98 Å². The smallest absolute Gasteiger partial charge is 0.264 e. The van der Waals surface area contributed by atoms with Crippen molar-refractivity contribution in [2.45, 2.75) is 40.2 Å². The third-order valence-corrected chi connectivity index (χ3v) is 4.37. The lowest BCUT2D eigenvalue weighted by molar-refractivity contribution is 0.241. The molecule has 25 heavy (non-hydrogen) atoms. The molecule has 0 amide bonds. The van der Waals surface area contributed by atoms with E-state index in [0.29, 0.717) is 17.6 Å². The van der Waals surface area contributed by atoms with Crippen molar-refractivity contribution >= 4 is 11.6 Å². The molecule has 0 unspecified atom stereocenters. The van der Waals surface area contributed by atoms with E-state index >= 15 is 0 Å². The Balaban J connectivity index is 1.74. The molecule has 0 atom stereocenters. The molecule has 5 heteroatoms. The SMILES string of the molecule is Cc1ccc(-c2noc(COc3cc(C(C)C)c(Cl)cc3C)n2)cc1. The quantitative estimate of drug-likeness (QED) is 0.587. The lowest BCUT2D eigenvalue weighted by Crippen LogP contribution is -2.00. The highest BCUT2D eigenvalue weighted by Gasteiger charge is 2.13. The van der Waals surface area contributed by atoms with Crippen LogP contribution in [0.1, 0.15) is 42.3 Å². The monoisotopic (exact) mass is 356 g/mol. The fourth-order valence-corrected chi connectivity index (χ4v) is 2.98. The van der Waals surface area contributed by atoms with Crippen molar-refractivity contribution in [1.29, 1.82) is 0 Å². The highest BCUT2D eigenvalue weighted by molar-refractivity contribution is 6.31. The van der Waals surface area contributed by atoms with E-state index in [1.165, 1.54) is 5.56 Å². The standard InChI is InChI=1S/C20H21ClN2O2/c1-12(2)16-10-18(14(4)9-17(16)21)24-11-19-22-20(23-25-19)15-7-5-13(3)6-8-15/h5-10,12H,11H2,1-4H3. The maximum atomic E-state index is 6.30. The van der Waals surface area contributed by atoms with E-state index in [-0.39, 0.29) is 6.61 Å². The molecule has 0 aliphatic rings. The zero-order valence-electron chi connectivity index (χ0n) is 14.8. The molecular weight excluding hydrogens is 336 g/mol. The molecule has 0 radical (unpaired) electrons. The molecule has 0 fully saturated rings. The van der Waals surface area contributed by atoms with Gasteiger partial charge >= 0.3 is 0 Å². The molecule has 2 aromatic carbocycles. The Bertz CT molecular complexity index is 870. The van der Waals surface area contributed by atoms with Gasteiger partial charge in [-0.3, -0.25) is 0 Å². The molecule has 1 aromatic heterocycles. The number of ether oxygens (including phenoxy) is 1. The van der Waals surface area contributed by atoms with E-state index in [0.717, 1.165) is 27.5 Å². The Morgan fingerprint density at radius 3 is 2.52 bits per heavy atom. The van der Waals surface area contributed by atoms with Crippen LogP contribution in [0.2, 0.25) is 5.02 Å². The summed E-state index contributed by atoms with van der Waals surface area (Å²) in [4.78, 5) is 4.40. The van der Waals surface area contributed by atoms with Gasteiger partial charge in [-0.05, 0) is 43.0 Å². The second-order valence-electron chi connectivity index (χ2n) is 6.46. The molecule has 0 bridgehead atoms. The first kappa shape index (κ1) is 17.5. The van der Waals surface area contributed by atoms with Crippen LogP contribution in [-0.2, 0) is 6.61 Å². The van der Waals surface area contributed by atoms with Gasteiger partial charge in [-0.15, -0.1) is 0 Å². The zero-order valence-corrected chi connectivity index (χ0v) is 15.6. The fraction of sp³-hybridized carbons (Fsp3) is 0.300. The number of aromatic nitrogens is 2. The van der Waals surface area contributed by atoms with E-state index in [9.17, 15) is 0 Å². The van der Waals surface area contributed by atoms with Crippen LogP contribution in [0.4, 0.5) is 0 Å². The number of hydrogen-bond donors (Lipinski definition) is 0. The Labute approximate surface area is 152 Å². The summed E-state index contributed by atoms with van der Waals surface area (Å²) in [5.41, 5.74) is 4.15. The minimum absolute atomic E-state index is 0.221. The van der Waals surface area contributed by atoms with E-state index in [1.807, 2.05) is 50.2 Å². The zero-order chi connectivity index (χ0) is 18.0. The molecular formula is C20H21ClN2O2. The molecule has 0 aliphatic heterocycles. The van der Waals surface area contributed by atoms with Gasteiger partial charge in [-0.25, -0.2) is 0 Å². The van der Waals surface area contributed by atoms with E-state index in [4.69, 9.17) is 20.9 Å². The van der Waals surface area contributed by atoms with E-state index in [1.54, 1.807) is 0 Å². The summed E-state index contributed by atoms with van der Waals surface area (Å²) in [6.07, 6.45) is 0. The summed E-state index contributed by atoms with van der Waals surface area (Å²) >= 11 is 6.30. The molecule has 1 heterocycles. The molecule has 4 nitrogen and oxygen atoms in total. The van der Waals surface area contributed by atoms with Gasteiger partial charge in [0, 0.05) is 10.6 Å². The molecule has 0 aliphatic carbocycles. The topological polar surface area (TPSA) is 48.2 Å². The molecule has 0 saturated carbocycles. The first-order chi connectivity index (χ1) is 11.9. The molecule has 130 valence electrons. The van der Waals surface area contributed by atoms with Gasteiger partial charge < -0.3 is 9.26 Å². The highest BCUT2D eigenvalue weighted by atomic mass is 35.5. The summed E-state index contributed by atoms with van der Waals surface area (Å²) in [7, 11) is 0.